The molecule has 0 spiro atoms. The first-order valence-electron chi connectivity index (χ1n) is 9.85. The third-order valence-electron chi connectivity index (χ3n) is 4.08. The van der Waals surface area contributed by atoms with E-state index in [-0.39, 0.29) is 5.91 Å². The molecule has 0 saturated carbocycles. The molecular weight excluding hydrogens is 358 g/mol. The minimum Gasteiger partial charge on any atom is -0.494 e. The molecule has 1 aromatic carbocycles. The topological polar surface area (TPSA) is 62.4 Å². The van der Waals surface area contributed by atoms with Crippen LogP contribution in [0.15, 0.2) is 36.9 Å². The maximum Gasteiger partial charge on any atom is 0.269 e. The van der Waals surface area contributed by atoms with Crippen LogP contribution < -0.4 is 20.9 Å². The molecule has 0 aliphatic heterocycles. The average molecular weight is 392 g/mol. The number of benzene rings is 1. The molecule has 0 bridgehead atoms. The number of carbonyl (C=O) groups excluding carboxylic acids is 1. The molecule has 0 radical (unpaired) electrons. The first-order valence-corrected chi connectivity index (χ1v) is 10.3. The third kappa shape index (κ3) is 11.3. The summed E-state index contributed by atoms with van der Waals surface area (Å²) in [6.45, 7) is 7.07. The molecule has 150 valence electrons. The summed E-state index contributed by atoms with van der Waals surface area (Å²) in [5.74, 6) is 0.526. The van der Waals surface area contributed by atoms with E-state index in [4.69, 9.17) is 17.0 Å². The quantitative estimate of drug-likeness (QED) is 0.200. The lowest BCUT2D eigenvalue weighted by Crippen LogP contribution is -2.46. The lowest BCUT2D eigenvalue weighted by Gasteiger charge is -2.11. The van der Waals surface area contributed by atoms with Crippen LogP contribution in [0.2, 0.25) is 0 Å². The van der Waals surface area contributed by atoms with E-state index in [1.165, 1.54) is 44.9 Å². The van der Waals surface area contributed by atoms with Crippen molar-refractivity contribution in [2.24, 2.45) is 0 Å². The molecule has 27 heavy (non-hydrogen) atoms. The Morgan fingerprint density at radius 2 is 1.67 bits per heavy atom. The molecular formula is C21H33N3O2S. The van der Waals surface area contributed by atoms with Crippen LogP contribution >= 0.6 is 12.2 Å². The Kier molecular flexibility index (Phi) is 12.8. The number of hydrazine groups is 1. The molecule has 5 nitrogen and oxygen atoms in total. The van der Waals surface area contributed by atoms with Crippen LogP contribution in [0, 0.1) is 0 Å². The molecule has 0 aliphatic rings. The van der Waals surface area contributed by atoms with Gasteiger partial charge in [0.1, 0.15) is 5.75 Å². The van der Waals surface area contributed by atoms with E-state index >= 15 is 0 Å². The van der Waals surface area contributed by atoms with Crippen molar-refractivity contribution in [3.05, 3.63) is 42.5 Å². The Labute approximate surface area is 168 Å². The highest BCUT2D eigenvalue weighted by atomic mass is 32.1. The molecule has 1 amide bonds. The highest BCUT2D eigenvalue weighted by Gasteiger charge is 2.06. The zero-order chi connectivity index (χ0) is 19.7. The van der Waals surface area contributed by atoms with Crippen molar-refractivity contribution in [2.45, 2.75) is 58.3 Å². The first-order chi connectivity index (χ1) is 13.2. The van der Waals surface area contributed by atoms with Gasteiger partial charge in [0.25, 0.3) is 5.91 Å². The van der Waals surface area contributed by atoms with Gasteiger partial charge in [-0.15, -0.1) is 6.58 Å². The number of hydrogen-bond donors (Lipinski definition) is 3. The second-order valence-corrected chi connectivity index (χ2v) is 6.83. The van der Waals surface area contributed by atoms with Crippen molar-refractivity contribution in [1.82, 2.24) is 16.2 Å². The largest absolute Gasteiger partial charge is 0.494 e. The normalized spacial score (nSPS) is 10.1. The maximum absolute atomic E-state index is 12.0. The van der Waals surface area contributed by atoms with E-state index in [0.717, 1.165) is 12.2 Å². The van der Waals surface area contributed by atoms with Crippen molar-refractivity contribution in [3.63, 3.8) is 0 Å². The second-order valence-electron chi connectivity index (χ2n) is 6.43. The van der Waals surface area contributed by atoms with Gasteiger partial charge in [-0.05, 0) is 42.9 Å². The van der Waals surface area contributed by atoms with Crippen LogP contribution in [-0.4, -0.2) is 24.2 Å². The van der Waals surface area contributed by atoms with Crippen molar-refractivity contribution in [2.75, 3.05) is 13.2 Å². The van der Waals surface area contributed by atoms with Crippen LogP contribution in [0.5, 0.6) is 5.75 Å². The van der Waals surface area contributed by atoms with Crippen LogP contribution in [0.3, 0.4) is 0 Å². The molecule has 0 aliphatic carbocycles. The molecule has 0 atom stereocenters. The summed E-state index contributed by atoms with van der Waals surface area (Å²) in [7, 11) is 0. The monoisotopic (exact) mass is 391 g/mol. The Balaban J connectivity index is 2.17. The summed E-state index contributed by atoms with van der Waals surface area (Å²) in [5.41, 5.74) is 5.72. The zero-order valence-electron chi connectivity index (χ0n) is 16.4. The van der Waals surface area contributed by atoms with Gasteiger partial charge in [0.15, 0.2) is 5.11 Å². The van der Waals surface area contributed by atoms with Gasteiger partial charge < -0.3 is 10.1 Å². The van der Waals surface area contributed by atoms with Crippen molar-refractivity contribution in [3.8, 4) is 5.75 Å². The molecule has 0 fully saturated rings. The van der Waals surface area contributed by atoms with Gasteiger partial charge in [0.05, 0.1) is 6.61 Å². The Morgan fingerprint density at radius 1 is 1.04 bits per heavy atom. The minimum absolute atomic E-state index is 0.257. The Bertz CT molecular complexity index is 561. The molecule has 6 heteroatoms. The lowest BCUT2D eigenvalue weighted by molar-refractivity contribution is 0.0943. The van der Waals surface area contributed by atoms with Crippen LogP contribution in [-0.2, 0) is 0 Å². The van der Waals surface area contributed by atoms with E-state index in [0.29, 0.717) is 23.8 Å². The fourth-order valence-electron chi connectivity index (χ4n) is 2.52. The summed E-state index contributed by atoms with van der Waals surface area (Å²) >= 11 is 5.01. The standard InChI is InChI=1S/C21H33N3O2S/c1-3-5-6-7-8-9-10-11-17-26-19-14-12-18(13-15-19)20(25)23-24-21(27)22-16-4-2/h4,12-15H,2-3,5-11,16-17H2,1H3,(H,23,25)(H2,22,24,27). The fourth-order valence-corrected chi connectivity index (χ4v) is 2.66. The number of carbonyl (C=O) groups is 1. The van der Waals surface area contributed by atoms with Gasteiger partial charge >= 0.3 is 0 Å². The van der Waals surface area contributed by atoms with Crippen molar-refractivity contribution >= 4 is 23.2 Å². The molecule has 1 rings (SSSR count). The van der Waals surface area contributed by atoms with Gasteiger partial charge in [-0.2, -0.15) is 0 Å². The summed E-state index contributed by atoms with van der Waals surface area (Å²) in [4.78, 5) is 12.0. The summed E-state index contributed by atoms with van der Waals surface area (Å²) < 4.78 is 5.74. The second kappa shape index (κ2) is 15.0. The van der Waals surface area contributed by atoms with Crippen molar-refractivity contribution in [1.29, 1.82) is 0 Å². The van der Waals surface area contributed by atoms with E-state index in [1.807, 2.05) is 12.1 Å². The smallest absolute Gasteiger partial charge is 0.269 e. The SMILES string of the molecule is C=CCNC(=S)NNC(=O)c1ccc(OCCCCCCCCCC)cc1. The number of hydrogen-bond acceptors (Lipinski definition) is 3. The number of nitrogens with one attached hydrogen (secondary N) is 3. The number of amides is 1. The summed E-state index contributed by atoms with van der Waals surface area (Å²) in [6, 6.07) is 7.10. The molecule has 0 unspecified atom stereocenters. The van der Waals surface area contributed by atoms with E-state index < -0.39 is 0 Å². The average Bonchev–Trinajstić information content (AvgIpc) is 2.69. The Morgan fingerprint density at radius 3 is 2.30 bits per heavy atom. The third-order valence-corrected chi connectivity index (χ3v) is 4.33. The molecule has 3 N–H and O–H groups in total. The first kappa shape index (κ1) is 23.0. The number of ether oxygens (including phenoxy) is 1. The van der Waals surface area contributed by atoms with Crippen LogP contribution in [0.1, 0.15) is 68.6 Å². The predicted octanol–water partition coefficient (Wildman–Crippen LogP) is 4.50. The minimum atomic E-state index is -0.257. The fraction of sp³-hybridized carbons (Fsp3) is 0.524. The number of rotatable bonds is 13. The summed E-state index contributed by atoms with van der Waals surface area (Å²) in [5, 5.41) is 3.21. The van der Waals surface area contributed by atoms with Gasteiger partial charge in [0, 0.05) is 12.1 Å². The lowest BCUT2D eigenvalue weighted by atomic mass is 10.1. The van der Waals surface area contributed by atoms with Gasteiger partial charge in [-0.3, -0.25) is 15.6 Å². The molecule has 1 aromatic rings. The number of unbranched alkanes of at least 4 members (excludes halogenated alkanes) is 7. The highest BCUT2D eigenvalue weighted by Crippen LogP contribution is 2.13. The molecule has 0 heterocycles. The van der Waals surface area contributed by atoms with Gasteiger partial charge in [-0.25, -0.2) is 0 Å². The van der Waals surface area contributed by atoms with Gasteiger partial charge in [-0.1, -0.05) is 57.9 Å². The molecule has 0 saturated heterocycles. The van der Waals surface area contributed by atoms with Gasteiger partial charge in [0.2, 0.25) is 0 Å². The van der Waals surface area contributed by atoms with Crippen LogP contribution in [0.25, 0.3) is 0 Å². The van der Waals surface area contributed by atoms with E-state index in [2.05, 4.69) is 29.7 Å². The molecule has 0 aromatic heterocycles. The Hall–Kier alpha value is -2.08. The highest BCUT2D eigenvalue weighted by molar-refractivity contribution is 7.80. The van der Waals surface area contributed by atoms with E-state index in [9.17, 15) is 4.79 Å². The van der Waals surface area contributed by atoms with Crippen LogP contribution in [0.4, 0.5) is 0 Å². The zero-order valence-corrected chi connectivity index (χ0v) is 17.2. The predicted molar refractivity (Wildman–Crippen MR) is 116 cm³/mol. The van der Waals surface area contributed by atoms with E-state index in [1.54, 1.807) is 18.2 Å². The maximum atomic E-state index is 12.0. The number of thiocarbonyl (C=S) groups is 1. The summed E-state index contributed by atoms with van der Waals surface area (Å²) in [6.07, 6.45) is 11.9. The van der Waals surface area contributed by atoms with Crippen molar-refractivity contribution < 1.29 is 9.53 Å².